The minimum atomic E-state index is 0.606. The Labute approximate surface area is 56.5 Å². The van der Waals surface area contributed by atoms with Crippen LogP contribution < -0.4 is 5.59 Å². The fourth-order valence-electron chi connectivity index (χ4n) is 0.695. The molecule has 1 nitrogen and oxygen atoms in total. The molecule has 0 unspecified atom stereocenters. The first-order chi connectivity index (χ1) is 4.33. The molecule has 1 rings (SSSR count). The molecular weight excluding hydrogens is 109 g/mol. The molecule has 2 heteroatoms. The Bertz CT molecular complexity index is 198. The molecule has 0 aliphatic heterocycles. The zero-order chi connectivity index (χ0) is 6.69. The molecule has 2 radical (unpaired) electrons. The second-order valence-corrected chi connectivity index (χ2v) is 1.91. The van der Waals surface area contributed by atoms with E-state index < -0.39 is 0 Å². The van der Waals surface area contributed by atoms with E-state index in [1.165, 1.54) is 0 Å². The van der Waals surface area contributed by atoms with E-state index in [0.29, 0.717) is 5.59 Å². The summed E-state index contributed by atoms with van der Waals surface area (Å²) in [6.07, 6.45) is 0.949. The van der Waals surface area contributed by atoms with Crippen molar-refractivity contribution in [1.82, 2.24) is 4.98 Å². The molecule has 9 heavy (non-hydrogen) atoms. The third-order valence-electron chi connectivity index (χ3n) is 1.19. The quantitative estimate of drug-likeness (QED) is 0.486. The smallest absolute Gasteiger partial charge is 0.141 e. The lowest BCUT2D eigenvalue weighted by atomic mass is 10.0. The number of hydrogen-bond donors (Lipinski definition) is 0. The van der Waals surface area contributed by atoms with E-state index in [2.05, 4.69) is 11.9 Å². The average Bonchev–Trinajstić information content (AvgIpc) is 1.88. The molecule has 44 valence electrons. The molecule has 1 aromatic heterocycles. The summed E-state index contributed by atoms with van der Waals surface area (Å²) in [5.74, 6) is 0. The normalized spacial score (nSPS) is 9.44. The van der Waals surface area contributed by atoms with Crippen LogP contribution >= 0.6 is 0 Å². The molecule has 0 aromatic carbocycles. The molecule has 1 heterocycles. The summed E-state index contributed by atoms with van der Waals surface area (Å²) in [5.41, 5.74) is 1.66. The van der Waals surface area contributed by atoms with Gasteiger partial charge in [-0.25, -0.2) is 0 Å². The summed E-state index contributed by atoms with van der Waals surface area (Å²) in [6, 6.07) is 5.68. The first-order valence-corrected chi connectivity index (χ1v) is 3.04. The van der Waals surface area contributed by atoms with Crippen molar-refractivity contribution in [2.45, 2.75) is 13.3 Å². The van der Waals surface area contributed by atoms with Gasteiger partial charge in [0.05, 0.1) is 0 Å². The molecule has 0 saturated carbocycles. The molecule has 0 aliphatic carbocycles. The van der Waals surface area contributed by atoms with Crippen molar-refractivity contribution < 1.29 is 0 Å². The van der Waals surface area contributed by atoms with Gasteiger partial charge in [-0.15, -0.1) is 0 Å². The highest BCUT2D eigenvalue weighted by Crippen LogP contribution is 1.89. The van der Waals surface area contributed by atoms with Crippen LogP contribution in [0.3, 0.4) is 0 Å². The van der Waals surface area contributed by atoms with E-state index in [4.69, 9.17) is 7.85 Å². The fraction of sp³-hybridized carbons (Fsp3) is 0.286. The second kappa shape index (κ2) is 2.67. The van der Waals surface area contributed by atoms with Gasteiger partial charge in [0.25, 0.3) is 0 Å². The van der Waals surface area contributed by atoms with E-state index in [9.17, 15) is 0 Å². The highest BCUT2D eigenvalue weighted by molar-refractivity contribution is 6.30. The van der Waals surface area contributed by atoms with Crippen molar-refractivity contribution >= 4 is 13.4 Å². The molecule has 0 amide bonds. The highest BCUT2D eigenvalue weighted by atomic mass is 14.7. The largest absolute Gasteiger partial charge is 0.269 e. The number of rotatable bonds is 1. The third kappa shape index (κ3) is 1.56. The van der Waals surface area contributed by atoms with Crippen LogP contribution in [0.5, 0.6) is 0 Å². The Kier molecular flexibility index (Phi) is 1.88. The van der Waals surface area contributed by atoms with Crippen molar-refractivity contribution in [3.8, 4) is 0 Å². The Morgan fingerprint density at radius 3 is 2.78 bits per heavy atom. The van der Waals surface area contributed by atoms with Crippen LogP contribution in [0.2, 0.25) is 0 Å². The average molecular weight is 117 g/mol. The molecule has 0 bridgehead atoms. The van der Waals surface area contributed by atoms with E-state index in [1.807, 2.05) is 12.1 Å². The molecule has 0 aliphatic rings. The van der Waals surface area contributed by atoms with Crippen molar-refractivity contribution in [3.05, 3.63) is 23.9 Å². The second-order valence-electron chi connectivity index (χ2n) is 1.91. The number of nitrogens with zero attached hydrogens (tertiary/aromatic N) is 1. The van der Waals surface area contributed by atoms with Crippen LogP contribution in [-0.4, -0.2) is 12.8 Å². The minimum absolute atomic E-state index is 0.606. The van der Waals surface area contributed by atoms with Gasteiger partial charge in [-0.05, 0) is 18.1 Å². The summed E-state index contributed by atoms with van der Waals surface area (Å²) in [4.78, 5) is 4.07. The van der Waals surface area contributed by atoms with Crippen molar-refractivity contribution in [1.29, 1.82) is 0 Å². The zero-order valence-corrected chi connectivity index (χ0v) is 5.46. The maximum atomic E-state index is 5.42. The van der Waals surface area contributed by atoms with E-state index in [-0.39, 0.29) is 0 Å². The van der Waals surface area contributed by atoms with Crippen molar-refractivity contribution in [2.75, 3.05) is 0 Å². The number of aryl methyl sites for hydroxylation is 1. The standard InChI is InChI=1S/C7H8BN/c1-2-6-4-3-5-7(8)9-6/h3-5H,2H2,1H3. The van der Waals surface area contributed by atoms with E-state index in [1.54, 1.807) is 6.07 Å². The van der Waals surface area contributed by atoms with Gasteiger partial charge < -0.3 is 0 Å². The molecule has 0 spiro atoms. The topological polar surface area (TPSA) is 12.9 Å². The van der Waals surface area contributed by atoms with Gasteiger partial charge in [0.1, 0.15) is 7.85 Å². The number of pyridine rings is 1. The van der Waals surface area contributed by atoms with Crippen LogP contribution in [0, 0.1) is 0 Å². The summed E-state index contributed by atoms with van der Waals surface area (Å²) in [5, 5.41) is 0. The maximum absolute atomic E-state index is 5.42. The van der Waals surface area contributed by atoms with Crippen LogP contribution in [0.1, 0.15) is 12.6 Å². The van der Waals surface area contributed by atoms with Gasteiger partial charge in [0.2, 0.25) is 0 Å². The fourth-order valence-corrected chi connectivity index (χ4v) is 0.695. The molecule has 0 saturated heterocycles. The van der Waals surface area contributed by atoms with Gasteiger partial charge >= 0.3 is 0 Å². The first kappa shape index (κ1) is 6.34. The lowest BCUT2D eigenvalue weighted by Gasteiger charge is -1.94. The van der Waals surface area contributed by atoms with Crippen LogP contribution in [-0.2, 0) is 6.42 Å². The molecule has 0 atom stereocenters. The number of hydrogen-bond acceptors (Lipinski definition) is 1. The number of aromatic nitrogens is 1. The lowest BCUT2D eigenvalue weighted by Crippen LogP contribution is -2.08. The Balaban J connectivity index is 2.94. The summed E-state index contributed by atoms with van der Waals surface area (Å²) < 4.78 is 0. The maximum Gasteiger partial charge on any atom is 0.141 e. The Hall–Kier alpha value is -0.785. The Morgan fingerprint density at radius 2 is 2.33 bits per heavy atom. The van der Waals surface area contributed by atoms with Crippen LogP contribution in [0.4, 0.5) is 0 Å². The van der Waals surface area contributed by atoms with Gasteiger partial charge in [-0.3, -0.25) is 4.98 Å². The lowest BCUT2D eigenvalue weighted by molar-refractivity contribution is 1.05. The predicted octanol–water partition coefficient (Wildman–Crippen LogP) is 0.438. The summed E-state index contributed by atoms with van der Waals surface area (Å²) in [6.45, 7) is 2.06. The first-order valence-electron chi connectivity index (χ1n) is 3.04. The van der Waals surface area contributed by atoms with Gasteiger partial charge in [0, 0.05) is 5.69 Å². The molecular formula is C7H8BN. The van der Waals surface area contributed by atoms with Crippen molar-refractivity contribution in [3.63, 3.8) is 0 Å². The molecule has 0 fully saturated rings. The summed E-state index contributed by atoms with van der Waals surface area (Å²) >= 11 is 0. The van der Waals surface area contributed by atoms with Gasteiger partial charge in [-0.1, -0.05) is 19.1 Å². The third-order valence-corrected chi connectivity index (χ3v) is 1.19. The van der Waals surface area contributed by atoms with Crippen molar-refractivity contribution in [2.24, 2.45) is 0 Å². The predicted molar refractivity (Wildman–Crippen MR) is 39.0 cm³/mol. The van der Waals surface area contributed by atoms with Gasteiger partial charge in [-0.2, -0.15) is 0 Å². The molecule has 1 aromatic rings. The highest BCUT2D eigenvalue weighted by Gasteiger charge is 1.87. The minimum Gasteiger partial charge on any atom is -0.269 e. The summed E-state index contributed by atoms with van der Waals surface area (Å²) in [7, 11) is 5.42. The van der Waals surface area contributed by atoms with Crippen LogP contribution in [0.15, 0.2) is 18.2 Å². The monoisotopic (exact) mass is 117 g/mol. The Morgan fingerprint density at radius 1 is 1.56 bits per heavy atom. The zero-order valence-electron chi connectivity index (χ0n) is 5.46. The molecule has 0 N–H and O–H groups in total. The van der Waals surface area contributed by atoms with E-state index in [0.717, 1.165) is 12.1 Å². The SMILES string of the molecule is [B]c1cccc(CC)n1. The van der Waals surface area contributed by atoms with Crippen LogP contribution in [0.25, 0.3) is 0 Å². The van der Waals surface area contributed by atoms with Gasteiger partial charge in [0.15, 0.2) is 0 Å². The van der Waals surface area contributed by atoms with E-state index >= 15 is 0 Å².